The lowest BCUT2D eigenvalue weighted by atomic mass is 10.1. The molecule has 3 aromatic heterocycles. The Bertz CT molecular complexity index is 904. The fraction of sp³-hybridized carbons (Fsp3) is 0.350. The molecule has 1 atom stereocenters. The maximum absolute atomic E-state index is 12.4. The largest absolute Gasteiger partial charge is 0.292 e. The number of pyridine rings is 2. The Morgan fingerprint density at radius 2 is 2.08 bits per heavy atom. The lowest BCUT2D eigenvalue weighted by Crippen LogP contribution is -2.27. The summed E-state index contributed by atoms with van der Waals surface area (Å²) in [7, 11) is 2.07. The molecule has 3 heterocycles. The highest BCUT2D eigenvalue weighted by Crippen LogP contribution is 2.24. The monoisotopic (exact) mass is 336 g/mol. The average Bonchev–Trinajstić information content (AvgIpc) is 2.61. The second-order valence-corrected chi connectivity index (χ2v) is 6.44. The highest BCUT2D eigenvalue weighted by atomic mass is 16.1. The van der Waals surface area contributed by atoms with Crippen LogP contribution in [0.2, 0.25) is 0 Å². The van der Waals surface area contributed by atoms with Crippen molar-refractivity contribution < 1.29 is 0 Å². The highest BCUT2D eigenvalue weighted by Gasteiger charge is 2.18. The molecule has 0 saturated carbocycles. The van der Waals surface area contributed by atoms with Crippen LogP contribution in [0.5, 0.6) is 0 Å². The third kappa shape index (κ3) is 3.77. The van der Waals surface area contributed by atoms with Gasteiger partial charge in [0.2, 0.25) is 0 Å². The number of nitrogens with zero attached hydrogens (tertiary/aromatic N) is 4. The molecule has 25 heavy (non-hydrogen) atoms. The normalized spacial score (nSPS) is 12.6. The molecule has 0 bridgehead atoms. The van der Waals surface area contributed by atoms with Crippen LogP contribution < -0.4 is 5.56 Å². The summed E-state index contributed by atoms with van der Waals surface area (Å²) in [6.45, 7) is 4.76. The zero-order valence-electron chi connectivity index (χ0n) is 15.0. The second kappa shape index (κ2) is 7.57. The van der Waals surface area contributed by atoms with E-state index >= 15 is 0 Å². The molecule has 0 aliphatic rings. The summed E-state index contributed by atoms with van der Waals surface area (Å²) >= 11 is 0. The Balaban J connectivity index is 1.91. The van der Waals surface area contributed by atoms with Crippen LogP contribution in [-0.4, -0.2) is 26.3 Å². The predicted octanol–water partition coefficient (Wildman–Crippen LogP) is 3.37. The van der Waals surface area contributed by atoms with Crippen molar-refractivity contribution in [2.24, 2.45) is 0 Å². The van der Waals surface area contributed by atoms with Crippen molar-refractivity contribution in [3.8, 4) is 0 Å². The Hall–Kier alpha value is -2.53. The molecule has 0 N–H and O–H groups in total. The first-order valence-electron chi connectivity index (χ1n) is 8.69. The highest BCUT2D eigenvalue weighted by molar-refractivity contribution is 5.46. The lowest BCUT2D eigenvalue weighted by molar-refractivity contribution is 0.216. The smallest absolute Gasteiger partial charge is 0.258 e. The molecule has 5 heteroatoms. The Morgan fingerprint density at radius 1 is 1.24 bits per heavy atom. The fourth-order valence-corrected chi connectivity index (χ4v) is 3.20. The van der Waals surface area contributed by atoms with Gasteiger partial charge in [0.05, 0.1) is 17.4 Å². The van der Waals surface area contributed by atoms with Gasteiger partial charge in [-0.2, -0.15) is 0 Å². The molecule has 0 amide bonds. The first kappa shape index (κ1) is 17.3. The van der Waals surface area contributed by atoms with E-state index in [0.29, 0.717) is 6.54 Å². The van der Waals surface area contributed by atoms with Gasteiger partial charge in [0.1, 0.15) is 5.65 Å². The van der Waals surface area contributed by atoms with Crippen molar-refractivity contribution in [3.05, 3.63) is 76.1 Å². The minimum Gasteiger partial charge on any atom is -0.292 e. The van der Waals surface area contributed by atoms with Gasteiger partial charge in [-0.3, -0.25) is 19.1 Å². The Labute approximate surface area is 148 Å². The van der Waals surface area contributed by atoms with Crippen LogP contribution in [0.15, 0.2) is 53.6 Å². The summed E-state index contributed by atoms with van der Waals surface area (Å²) in [6, 6.07) is 11.7. The Kier molecular flexibility index (Phi) is 5.24. The van der Waals surface area contributed by atoms with Crippen LogP contribution in [0.1, 0.15) is 42.8 Å². The third-order valence-corrected chi connectivity index (χ3v) is 4.47. The van der Waals surface area contributed by atoms with Crippen LogP contribution in [0.3, 0.4) is 0 Å². The predicted molar refractivity (Wildman–Crippen MR) is 99.6 cm³/mol. The van der Waals surface area contributed by atoms with Gasteiger partial charge in [0.15, 0.2) is 0 Å². The maximum atomic E-state index is 12.4. The van der Waals surface area contributed by atoms with Gasteiger partial charge in [0, 0.05) is 25.0 Å². The quantitative estimate of drug-likeness (QED) is 0.692. The van der Waals surface area contributed by atoms with E-state index < -0.39 is 0 Å². The molecule has 0 aromatic carbocycles. The Morgan fingerprint density at radius 3 is 2.80 bits per heavy atom. The molecule has 0 unspecified atom stereocenters. The first-order valence-corrected chi connectivity index (χ1v) is 8.69. The second-order valence-electron chi connectivity index (χ2n) is 6.44. The van der Waals surface area contributed by atoms with Crippen LogP contribution in [-0.2, 0) is 6.54 Å². The van der Waals surface area contributed by atoms with Gasteiger partial charge in [0.25, 0.3) is 5.56 Å². The topological polar surface area (TPSA) is 50.5 Å². The zero-order chi connectivity index (χ0) is 17.8. The molecule has 0 aliphatic carbocycles. The summed E-state index contributed by atoms with van der Waals surface area (Å²) in [5.74, 6) is 0. The molecule has 5 nitrogen and oxygen atoms in total. The minimum atomic E-state index is -0.0398. The van der Waals surface area contributed by atoms with Crippen LogP contribution >= 0.6 is 0 Å². The molecule has 3 aromatic rings. The van der Waals surface area contributed by atoms with Crippen LogP contribution in [0.4, 0.5) is 0 Å². The summed E-state index contributed by atoms with van der Waals surface area (Å²) in [4.78, 5) is 23.8. The zero-order valence-corrected chi connectivity index (χ0v) is 15.0. The standard InChI is InChI=1S/C20H24N4O/c1-4-8-18(17-10-5-6-11-21-17)23(3)14-16-13-19(25)24-12-7-9-15(2)20(24)22-16/h5-7,9-13,18H,4,8,14H2,1-3H3/t18-/m0/s1. The molecule has 0 spiro atoms. The number of aryl methyl sites for hydroxylation is 1. The minimum absolute atomic E-state index is 0.0398. The van der Waals surface area contributed by atoms with Crippen molar-refractivity contribution >= 4 is 5.65 Å². The van der Waals surface area contributed by atoms with E-state index in [9.17, 15) is 4.79 Å². The van der Waals surface area contributed by atoms with Crippen molar-refractivity contribution in [2.45, 2.75) is 39.3 Å². The number of fused-ring (bicyclic) bond motifs is 1. The van der Waals surface area contributed by atoms with E-state index in [4.69, 9.17) is 4.98 Å². The summed E-state index contributed by atoms with van der Waals surface area (Å²) in [5.41, 5.74) is 3.53. The summed E-state index contributed by atoms with van der Waals surface area (Å²) in [6.07, 6.45) is 5.67. The molecular weight excluding hydrogens is 312 g/mol. The van der Waals surface area contributed by atoms with E-state index in [-0.39, 0.29) is 11.6 Å². The van der Waals surface area contributed by atoms with Crippen molar-refractivity contribution in [1.29, 1.82) is 0 Å². The SMILES string of the molecule is CCC[C@@H](c1ccccn1)N(C)Cc1cc(=O)n2cccc(C)c2n1. The number of aromatic nitrogens is 3. The third-order valence-electron chi connectivity index (χ3n) is 4.47. The van der Waals surface area contributed by atoms with E-state index in [2.05, 4.69) is 29.9 Å². The van der Waals surface area contributed by atoms with Gasteiger partial charge in [-0.15, -0.1) is 0 Å². The van der Waals surface area contributed by atoms with E-state index in [0.717, 1.165) is 35.4 Å². The molecule has 0 aliphatic heterocycles. The van der Waals surface area contributed by atoms with Gasteiger partial charge >= 0.3 is 0 Å². The molecule has 0 fully saturated rings. The van der Waals surface area contributed by atoms with Crippen molar-refractivity contribution in [1.82, 2.24) is 19.3 Å². The molecule has 130 valence electrons. The van der Waals surface area contributed by atoms with Gasteiger partial charge in [-0.1, -0.05) is 25.5 Å². The number of hydrogen-bond acceptors (Lipinski definition) is 4. The maximum Gasteiger partial charge on any atom is 0.258 e. The van der Waals surface area contributed by atoms with Gasteiger partial charge in [-0.05, 0) is 44.2 Å². The van der Waals surface area contributed by atoms with Crippen LogP contribution in [0, 0.1) is 6.92 Å². The summed E-state index contributed by atoms with van der Waals surface area (Å²) < 4.78 is 1.60. The van der Waals surface area contributed by atoms with Gasteiger partial charge < -0.3 is 0 Å². The average molecular weight is 336 g/mol. The van der Waals surface area contributed by atoms with E-state index in [1.54, 1.807) is 16.7 Å². The molecule has 3 rings (SSSR count). The lowest BCUT2D eigenvalue weighted by Gasteiger charge is -2.27. The number of hydrogen-bond donors (Lipinski definition) is 0. The van der Waals surface area contributed by atoms with Gasteiger partial charge in [-0.25, -0.2) is 4.98 Å². The van der Waals surface area contributed by atoms with Crippen molar-refractivity contribution in [3.63, 3.8) is 0 Å². The van der Waals surface area contributed by atoms with Crippen molar-refractivity contribution in [2.75, 3.05) is 7.05 Å². The summed E-state index contributed by atoms with van der Waals surface area (Å²) in [5, 5.41) is 0. The molecular formula is C20H24N4O. The van der Waals surface area contributed by atoms with E-state index in [1.165, 1.54) is 0 Å². The first-order chi connectivity index (χ1) is 12.1. The van der Waals surface area contributed by atoms with Crippen LogP contribution in [0.25, 0.3) is 5.65 Å². The number of rotatable bonds is 6. The fourth-order valence-electron chi connectivity index (χ4n) is 3.20. The molecule has 0 radical (unpaired) electrons. The molecule has 0 saturated heterocycles. The van der Waals surface area contributed by atoms with E-state index in [1.807, 2.05) is 37.4 Å².